The van der Waals surface area contributed by atoms with Crippen molar-refractivity contribution in [2.75, 3.05) is 6.54 Å². The summed E-state index contributed by atoms with van der Waals surface area (Å²) in [7, 11) is 0. The summed E-state index contributed by atoms with van der Waals surface area (Å²) >= 11 is 1.27. The number of carbonyl (C=O) groups is 2. The Bertz CT molecular complexity index is 334. The highest BCUT2D eigenvalue weighted by molar-refractivity contribution is 7.13. The van der Waals surface area contributed by atoms with Gasteiger partial charge in [0.2, 0.25) is 5.91 Å². The van der Waals surface area contributed by atoms with Crippen LogP contribution in [-0.2, 0) is 4.79 Å². The quantitative estimate of drug-likeness (QED) is 0.698. The minimum atomic E-state index is -0.561. The van der Waals surface area contributed by atoms with Crippen LogP contribution in [0.3, 0.4) is 0 Å². The number of thiazole rings is 1. The Morgan fingerprint density at radius 3 is 2.85 bits per heavy atom. The number of carbonyl (C=O) groups excluding carboxylic acids is 2. The lowest BCUT2D eigenvalue weighted by Crippen LogP contribution is -2.32. The Hall–Kier alpha value is -1.43. The lowest BCUT2D eigenvalue weighted by molar-refractivity contribution is -0.117. The molecular weight excluding hydrogens is 190 g/mol. The zero-order valence-corrected chi connectivity index (χ0v) is 7.85. The molecule has 0 fully saturated rings. The molecule has 0 saturated carbocycles. The molecule has 0 aromatic carbocycles. The second kappa shape index (κ2) is 3.99. The summed E-state index contributed by atoms with van der Waals surface area (Å²) in [5.41, 5.74) is 4.86. The monoisotopic (exact) mass is 199 g/mol. The van der Waals surface area contributed by atoms with Crippen molar-refractivity contribution in [1.29, 1.82) is 0 Å². The predicted molar refractivity (Wildman–Crippen MR) is 48.4 cm³/mol. The van der Waals surface area contributed by atoms with Gasteiger partial charge in [0.05, 0.1) is 17.7 Å². The molecule has 0 aliphatic rings. The highest BCUT2D eigenvalue weighted by Gasteiger charge is 2.08. The van der Waals surface area contributed by atoms with Crippen molar-refractivity contribution in [3.63, 3.8) is 0 Å². The number of hydrogen-bond acceptors (Lipinski definition) is 4. The van der Waals surface area contributed by atoms with E-state index in [1.807, 2.05) is 0 Å². The van der Waals surface area contributed by atoms with E-state index in [2.05, 4.69) is 10.3 Å². The van der Waals surface area contributed by atoms with Gasteiger partial charge in [0, 0.05) is 0 Å². The van der Waals surface area contributed by atoms with E-state index in [9.17, 15) is 9.59 Å². The van der Waals surface area contributed by atoms with E-state index >= 15 is 0 Å². The first-order valence-electron chi connectivity index (χ1n) is 3.58. The van der Waals surface area contributed by atoms with Gasteiger partial charge in [0.1, 0.15) is 4.88 Å². The molecule has 70 valence electrons. The van der Waals surface area contributed by atoms with Gasteiger partial charge in [0.25, 0.3) is 5.91 Å². The molecule has 13 heavy (non-hydrogen) atoms. The third-order valence-corrected chi connectivity index (χ3v) is 2.18. The second-order valence-corrected chi connectivity index (χ2v) is 3.63. The van der Waals surface area contributed by atoms with Crippen molar-refractivity contribution in [2.24, 2.45) is 5.73 Å². The number of nitrogens with one attached hydrogen (secondary N) is 1. The number of hydrogen-bond donors (Lipinski definition) is 2. The van der Waals surface area contributed by atoms with Crippen LogP contribution in [0.15, 0.2) is 6.20 Å². The molecule has 0 aliphatic carbocycles. The standard InChI is InChI=1S/C7H9N3O2S/c1-4-9-2-5(13-4)7(12)10-3-6(8)11/h2H,3H2,1H3,(H2,8,11)(H,10,12). The summed E-state index contributed by atoms with van der Waals surface area (Å²) in [6.45, 7) is 1.66. The van der Waals surface area contributed by atoms with Crippen LogP contribution in [0.5, 0.6) is 0 Å². The molecule has 5 nitrogen and oxygen atoms in total. The maximum absolute atomic E-state index is 11.2. The molecule has 1 aromatic rings. The van der Waals surface area contributed by atoms with E-state index < -0.39 is 5.91 Å². The van der Waals surface area contributed by atoms with Gasteiger partial charge in [-0.2, -0.15) is 0 Å². The molecule has 1 aromatic heterocycles. The molecule has 6 heteroatoms. The van der Waals surface area contributed by atoms with Crippen molar-refractivity contribution in [3.05, 3.63) is 16.1 Å². The third-order valence-electron chi connectivity index (χ3n) is 1.27. The fourth-order valence-corrected chi connectivity index (χ4v) is 1.41. The van der Waals surface area contributed by atoms with Crippen molar-refractivity contribution in [3.8, 4) is 0 Å². The van der Waals surface area contributed by atoms with Crippen LogP contribution in [0, 0.1) is 6.92 Å². The average Bonchev–Trinajstić information content (AvgIpc) is 2.47. The smallest absolute Gasteiger partial charge is 0.263 e. The predicted octanol–water partition coefficient (Wildman–Crippen LogP) is -0.333. The topological polar surface area (TPSA) is 85.1 Å². The van der Waals surface area contributed by atoms with Crippen LogP contribution in [0.2, 0.25) is 0 Å². The number of aryl methyl sites for hydroxylation is 1. The summed E-state index contributed by atoms with van der Waals surface area (Å²) in [5, 5.41) is 3.18. The Morgan fingerprint density at radius 2 is 2.38 bits per heavy atom. The third kappa shape index (κ3) is 2.83. The zero-order valence-electron chi connectivity index (χ0n) is 7.03. The molecule has 3 N–H and O–H groups in total. The first kappa shape index (κ1) is 9.66. The van der Waals surface area contributed by atoms with E-state index in [1.165, 1.54) is 17.5 Å². The molecule has 0 spiro atoms. The Morgan fingerprint density at radius 1 is 1.69 bits per heavy atom. The number of amides is 2. The maximum Gasteiger partial charge on any atom is 0.263 e. The molecule has 1 rings (SSSR count). The van der Waals surface area contributed by atoms with Crippen LogP contribution < -0.4 is 11.1 Å². The van der Waals surface area contributed by atoms with Gasteiger partial charge < -0.3 is 11.1 Å². The molecule has 0 radical (unpaired) electrons. The lowest BCUT2D eigenvalue weighted by atomic mass is 10.5. The number of rotatable bonds is 3. The van der Waals surface area contributed by atoms with Gasteiger partial charge in [-0.05, 0) is 6.92 Å². The van der Waals surface area contributed by atoms with Gasteiger partial charge in [-0.15, -0.1) is 11.3 Å². The summed E-state index contributed by atoms with van der Waals surface area (Å²) in [6.07, 6.45) is 1.47. The van der Waals surface area contributed by atoms with Crippen LogP contribution in [-0.4, -0.2) is 23.3 Å². The first-order valence-corrected chi connectivity index (χ1v) is 4.40. The highest BCUT2D eigenvalue weighted by atomic mass is 32.1. The van der Waals surface area contributed by atoms with E-state index in [0.717, 1.165) is 5.01 Å². The lowest BCUT2D eigenvalue weighted by Gasteiger charge is -1.97. The van der Waals surface area contributed by atoms with Gasteiger partial charge in [0.15, 0.2) is 0 Å². The van der Waals surface area contributed by atoms with Crippen molar-refractivity contribution in [1.82, 2.24) is 10.3 Å². The Labute approximate surface area is 79.0 Å². The molecule has 0 atom stereocenters. The molecule has 2 amide bonds. The number of nitrogens with zero attached hydrogens (tertiary/aromatic N) is 1. The normalized spacial score (nSPS) is 9.62. The van der Waals surface area contributed by atoms with Gasteiger partial charge in [-0.25, -0.2) is 4.98 Å². The number of aromatic nitrogens is 1. The van der Waals surface area contributed by atoms with Crippen LogP contribution >= 0.6 is 11.3 Å². The van der Waals surface area contributed by atoms with Crippen LogP contribution in [0.25, 0.3) is 0 Å². The van der Waals surface area contributed by atoms with Gasteiger partial charge in [-0.3, -0.25) is 9.59 Å². The Kier molecular flexibility index (Phi) is 2.97. The number of nitrogens with two attached hydrogens (primary N) is 1. The molecule has 0 saturated heterocycles. The molecule has 0 aliphatic heterocycles. The SMILES string of the molecule is Cc1ncc(C(=O)NCC(N)=O)s1. The summed E-state index contributed by atoms with van der Waals surface area (Å²) < 4.78 is 0. The largest absolute Gasteiger partial charge is 0.368 e. The average molecular weight is 199 g/mol. The second-order valence-electron chi connectivity index (χ2n) is 2.39. The number of primary amides is 1. The zero-order chi connectivity index (χ0) is 9.84. The summed E-state index contributed by atoms with van der Waals surface area (Å²) in [6, 6.07) is 0. The fourth-order valence-electron chi connectivity index (χ4n) is 0.721. The highest BCUT2D eigenvalue weighted by Crippen LogP contribution is 2.10. The molecule has 0 bridgehead atoms. The van der Waals surface area contributed by atoms with Crippen molar-refractivity contribution < 1.29 is 9.59 Å². The van der Waals surface area contributed by atoms with Gasteiger partial charge in [-0.1, -0.05) is 0 Å². The minimum Gasteiger partial charge on any atom is -0.368 e. The van der Waals surface area contributed by atoms with Gasteiger partial charge >= 0.3 is 0 Å². The van der Waals surface area contributed by atoms with Crippen LogP contribution in [0.1, 0.15) is 14.7 Å². The van der Waals surface area contributed by atoms with E-state index in [0.29, 0.717) is 4.88 Å². The molecular formula is C7H9N3O2S. The fraction of sp³-hybridized carbons (Fsp3) is 0.286. The molecule has 0 unspecified atom stereocenters. The van der Waals surface area contributed by atoms with E-state index in [4.69, 9.17) is 5.73 Å². The maximum atomic E-state index is 11.2. The summed E-state index contributed by atoms with van der Waals surface area (Å²) in [5.74, 6) is -0.876. The van der Waals surface area contributed by atoms with Crippen molar-refractivity contribution >= 4 is 23.2 Å². The van der Waals surface area contributed by atoms with Crippen LogP contribution in [0.4, 0.5) is 0 Å². The molecule has 1 heterocycles. The van der Waals surface area contributed by atoms with Crippen molar-refractivity contribution in [2.45, 2.75) is 6.92 Å². The summed E-state index contributed by atoms with van der Waals surface area (Å²) in [4.78, 5) is 25.9. The first-order chi connectivity index (χ1) is 6.09. The van der Waals surface area contributed by atoms with E-state index in [1.54, 1.807) is 6.92 Å². The minimum absolute atomic E-state index is 0.143. The van der Waals surface area contributed by atoms with E-state index in [-0.39, 0.29) is 12.5 Å². The Balaban J connectivity index is 2.54.